The van der Waals surface area contributed by atoms with Gasteiger partial charge in [0.15, 0.2) is 6.61 Å². The third-order valence-electron chi connectivity index (χ3n) is 3.45. The normalized spacial score (nSPS) is 10.3. The lowest BCUT2D eigenvalue weighted by Crippen LogP contribution is -2.20. The molecule has 1 amide bonds. The molecule has 0 saturated carbocycles. The van der Waals surface area contributed by atoms with E-state index in [1.807, 2.05) is 38.1 Å². The van der Waals surface area contributed by atoms with Crippen molar-refractivity contribution in [1.82, 2.24) is 0 Å². The third-order valence-corrected chi connectivity index (χ3v) is 3.45. The first-order valence-electron chi connectivity index (χ1n) is 7.70. The van der Waals surface area contributed by atoms with Gasteiger partial charge in [-0.25, -0.2) is 4.79 Å². The van der Waals surface area contributed by atoms with Crippen LogP contribution in [0.25, 0.3) is 6.08 Å². The molecule has 2 rings (SSSR count). The van der Waals surface area contributed by atoms with Gasteiger partial charge in [-0.2, -0.15) is 5.26 Å². The van der Waals surface area contributed by atoms with E-state index in [1.165, 1.54) is 6.08 Å². The maximum absolute atomic E-state index is 11.9. The molecule has 0 fully saturated rings. The van der Waals surface area contributed by atoms with Crippen molar-refractivity contribution in [3.05, 3.63) is 70.8 Å². The molecule has 25 heavy (non-hydrogen) atoms. The molecule has 126 valence electrons. The zero-order chi connectivity index (χ0) is 18.2. The van der Waals surface area contributed by atoms with Gasteiger partial charge in [0.2, 0.25) is 0 Å². The highest BCUT2D eigenvalue weighted by Crippen LogP contribution is 2.15. The monoisotopic (exact) mass is 334 g/mol. The number of anilines is 1. The highest BCUT2D eigenvalue weighted by atomic mass is 16.5. The van der Waals surface area contributed by atoms with Gasteiger partial charge < -0.3 is 10.1 Å². The van der Waals surface area contributed by atoms with Crippen molar-refractivity contribution < 1.29 is 14.3 Å². The summed E-state index contributed by atoms with van der Waals surface area (Å²) in [5, 5.41) is 11.4. The second kappa shape index (κ2) is 8.46. The van der Waals surface area contributed by atoms with Crippen LogP contribution in [0.15, 0.2) is 48.5 Å². The summed E-state index contributed by atoms with van der Waals surface area (Å²) in [6.45, 7) is 3.51. The van der Waals surface area contributed by atoms with Gasteiger partial charge in [-0.3, -0.25) is 4.79 Å². The molecule has 1 N–H and O–H groups in total. The molecule has 0 unspecified atom stereocenters. The molecule has 5 heteroatoms. The molecular weight excluding hydrogens is 316 g/mol. The predicted octanol–water partition coefficient (Wildman–Crippen LogP) is 3.37. The summed E-state index contributed by atoms with van der Waals surface area (Å²) in [4.78, 5) is 23.5. The van der Waals surface area contributed by atoms with Crippen LogP contribution in [-0.2, 0) is 14.3 Å². The van der Waals surface area contributed by atoms with Crippen molar-refractivity contribution in [3.63, 3.8) is 0 Å². The SMILES string of the molecule is Cc1ccc(NC(=O)COC(=O)/C=C/c2ccc(C#N)cc2)c(C)c1. The Morgan fingerprint density at radius 3 is 2.52 bits per heavy atom. The fourth-order valence-electron chi connectivity index (χ4n) is 2.16. The lowest BCUT2D eigenvalue weighted by Gasteiger charge is -2.09. The number of nitrogens with zero attached hydrogens (tertiary/aromatic N) is 1. The molecule has 0 aliphatic heterocycles. The first kappa shape index (κ1) is 18.0. The van der Waals surface area contributed by atoms with Crippen molar-refractivity contribution in [2.24, 2.45) is 0 Å². The summed E-state index contributed by atoms with van der Waals surface area (Å²) >= 11 is 0. The first-order chi connectivity index (χ1) is 12.0. The Hall–Kier alpha value is -3.39. The second-order valence-electron chi connectivity index (χ2n) is 5.54. The average molecular weight is 334 g/mol. The maximum Gasteiger partial charge on any atom is 0.331 e. The van der Waals surface area contributed by atoms with E-state index in [4.69, 9.17) is 10.00 Å². The van der Waals surface area contributed by atoms with Gasteiger partial charge in [0.25, 0.3) is 5.91 Å². The van der Waals surface area contributed by atoms with E-state index in [2.05, 4.69) is 5.32 Å². The van der Waals surface area contributed by atoms with E-state index in [0.717, 1.165) is 16.7 Å². The van der Waals surface area contributed by atoms with Crippen LogP contribution in [0.5, 0.6) is 0 Å². The molecule has 2 aromatic carbocycles. The number of ether oxygens (including phenoxy) is 1. The Kier molecular flexibility index (Phi) is 6.08. The summed E-state index contributed by atoms with van der Waals surface area (Å²) in [7, 11) is 0. The molecule has 5 nitrogen and oxygen atoms in total. The predicted molar refractivity (Wildman–Crippen MR) is 95.7 cm³/mol. The number of nitriles is 1. The summed E-state index contributed by atoms with van der Waals surface area (Å²) in [5.41, 5.74) is 4.05. The number of benzene rings is 2. The second-order valence-corrected chi connectivity index (χ2v) is 5.54. The molecule has 0 heterocycles. The molecule has 0 aromatic heterocycles. The maximum atomic E-state index is 11.9. The Morgan fingerprint density at radius 1 is 1.16 bits per heavy atom. The van der Waals surface area contributed by atoms with E-state index in [-0.39, 0.29) is 6.61 Å². The third kappa shape index (κ3) is 5.63. The minimum absolute atomic E-state index is 0.357. The van der Waals surface area contributed by atoms with E-state index >= 15 is 0 Å². The van der Waals surface area contributed by atoms with Crippen molar-refractivity contribution in [2.45, 2.75) is 13.8 Å². The number of aryl methyl sites for hydroxylation is 2. The van der Waals surface area contributed by atoms with Crippen molar-refractivity contribution in [1.29, 1.82) is 5.26 Å². The summed E-state index contributed by atoms with van der Waals surface area (Å²) < 4.78 is 4.92. The Balaban J connectivity index is 1.83. The van der Waals surface area contributed by atoms with Gasteiger partial charge >= 0.3 is 5.97 Å². The number of nitrogens with one attached hydrogen (secondary N) is 1. The van der Waals surface area contributed by atoms with Crippen molar-refractivity contribution in [2.75, 3.05) is 11.9 Å². The molecule has 0 saturated heterocycles. The number of hydrogen-bond donors (Lipinski definition) is 1. The summed E-state index contributed by atoms with van der Waals surface area (Å²) in [6, 6.07) is 14.4. The average Bonchev–Trinajstić information content (AvgIpc) is 2.61. The van der Waals surface area contributed by atoms with Crippen molar-refractivity contribution >= 4 is 23.6 Å². The van der Waals surface area contributed by atoms with Crippen LogP contribution in [0.2, 0.25) is 0 Å². The highest BCUT2D eigenvalue weighted by Gasteiger charge is 2.07. The van der Waals surface area contributed by atoms with Gasteiger partial charge in [0.05, 0.1) is 11.6 Å². The molecule has 2 aromatic rings. The van der Waals surface area contributed by atoms with Gasteiger partial charge in [-0.05, 0) is 49.2 Å². The number of hydrogen-bond acceptors (Lipinski definition) is 4. The highest BCUT2D eigenvalue weighted by molar-refractivity contribution is 5.95. The fourth-order valence-corrected chi connectivity index (χ4v) is 2.16. The van der Waals surface area contributed by atoms with Crippen molar-refractivity contribution in [3.8, 4) is 6.07 Å². The fraction of sp³-hybridized carbons (Fsp3) is 0.150. The molecule has 0 spiro atoms. The molecule has 0 aliphatic rings. The van der Waals surface area contributed by atoms with Crippen LogP contribution in [0.4, 0.5) is 5.69 Å². The summed E-state index contributed by atoms with van der Waals surface area (Å²) in [5.74, 6) is -1.01. The number of carbonyl (C=O) groups excluding carboxylic acids is 2. The largest absolute Gasteiger partial charge is 0.452 e. The van der Waals surface area contributed by atoms with Crippen LogP contribution >= 0.6 is 0 Å². The zero-order valence-electron chi connectivity index (χ0n) is 14.1. The van der Waals surface area contributed by atoms with Gasteiger partial charge in [-0.15, -0.1) is 0 Å². The van der Waals surface area contributed by atoms with E-state index in [0.29, 0.717) is 11.3 Å². The molecule has 0 atom stereocenters. The number of esters is 1. The smallest absolute Gasteiger partial charge is 0.331 e. The minimum atomic E-state index is -0.611. The van der Waals surface area contributed by atoms with Crippen LogP contribution in [-0.4, -0.2) is 18.5 Å². The number of carbonyl (C=O) groups is 2. The number of amides is 1. The molecule has 0 radical (unpaired) electrons. The molecule has 0 bridgehead atoms. The topological polar surface area (TPSA) is 79.2 Å². The van der Waals surface area contributed by atoms with Gasteiger partial charge in [-0.1, -0.05) is 29.8 Å². The number of rotatable bonds is 5. The minimum Gasteiger partial charge on any atom is -0.452 e. The standard InChI is InChI=1S/C20H18N2O3/c1-14-3-9-18(15(2)11-14)22-19(23)13-25-20(24)10-8-16-4-6-17(12-21)7-5-16/h3-11H,13H2,1-2H3,(H,22,23)/b10-8+. The van der Waals surface area contributed by atoms with Crippen LogP contribution < -0.4 is 5.32 Å². The lowest BCUT2D eigenvalue weighted by atomic mass is 10.1. The van der Waals surface area contributed by atoms with Crippen LogP contribution in [0, 0.1) is 25.2 Å². The van der Waals surface area contributed by atoms with Crippen LogP contribution in [0.1, 0.15) is 22.3 Å². The van der Waals surface area contributed by atoms with Gasteiger partial charge in [0.1, 0.15) is 0 Å². The molecule has 0 aliphatic carbocycles. The van der Waals surface area contributed by atoms with E-state index in [9.17, 15) is 9.59 Å². The van der Waals surface area contributed by atoms with E-state index in [1.54, 1.807) is 30.3 Å². The summed E-state index contributed by atoms with van der Waals surface area (Å²) in [6.07, 6.45) is 2.80. The lowest BCUT2D eigenvalue weighted by molar-refractivity contribution is -0.142. The Bertz CT molecular complexity index is 846. The quantitative estimate of drug-likeness (QED) is 0.671. The zero-order valence-corrected chi connectivity index (χ0v) is 14.1. The first-order valence-corrected chi connectivity index (χ1v) is 7.70. The molecular formula is C20H18N2O3. The van der Waals surface area contributed by atoms with Gasteiger partial charge in [0, 0.05) is 11.8 Å². The Morgan fingerprint density at radius 2 is 1.88 bits per heavy atom. The van der Waals surface area contributed by atoms with E-state index < -0.39 is 11.9 Å². The van der Waals surface area contributed by atoms with Crippen LogP contribution in [0.3, 0.4) is 0 Å². The Labute approximate surface area is 146 Å².